The van der Waals surface area contributed by atoms with E-state index in [0.29, 0.717) is 19.3 Å². The van der Waals surface area contributed by atoms with Crippen molar-refractivity contribution in [3.05, 3.63) is 0 Å². The quantitative estimate of drug-likeness (QED) is 0.0343. The second-order valence-electron chi connectivity index (χ2n) is 24.9. The van der Waals surface area contributed by atoms with Crippen LogP contribution in [0.4, 0.5) is 0 Å². The smallest absolute Gasteiger partial charge is 0.306 e. The molecular formula is C72H140O6. The predicted octanol–water partition coefficient (Wildman–Crippen LogP) is 24.6. The van der Waals surface area contributed by atoms with E-state index in [4.69, 9.17) is 14.2 Å². The van der Waals surface area contributed by atoms with Gasteiger partial charge in [0, 0.05) is 19.3 Å². The molecule has 6 nitrogen and oxygen atoms in total. The van der Waals surface area contributed by atoms with Crippen LogP contribution in [0.1, 0.15) is 425 Å². The summed E-state index contributed by atoms with van der Waals surface area (Å²) in [5.74, 6) is -0.823. The first-order valence-electron chi connectivity index (χ1n) is 36.0. The van der Waals surface area contributed by atoms with E-state index in [0.717, 1.165) is 57.8 Å². The normalized spacial score (nSPS) is 11.9. The van der Waals surface area contributed by atoms with E-state index in [1.54, 1.807) is 0 Å². The van der Waals surface area contributed by atoms with Gasteiger partial charge in [0.15, 0.2) is 6.10 Å². The lowest BCUT2D eigenvalue weighted by atomic mass is 10.0. The van der Waals surface area contributed by atoms with Gasteiger partial charge in [-0.2, -0.15) is 0 Å². The van der Waals surface area contributed by atoms with E-state index in [-0.39, 0.29) is 31.1 Å². The second kappa shape index (κ2) is 67.9. The lowest BCUT2D eigenvalue weighted by Crippen LogP contribution is -2.30. The van der Waals surface area contributed by atoms with Gasteiger partial charge in [0.2, 0.25) is 0 Å². The second-order valence-corrected chi connectivity index (χ2v) is 24.9. The molecule has 0 saturated heterocycles. The van der Waals surface area contributed by atoms with Gasteiger partial charge in [-0.1, -0.05) is 387 Å². The van der Waals surface area contributed by atoms with E-state index < -0.39 is 6.10 Å². The van der Waals surface area contributed by atoms with Crippen LogP contribution in [-0.2, 0) is 28.6 Å². The Morgan fingerprint density at radius 1 is 0.205 bits per heavy atom. The number of carbonyl (C=O) groups excluding carboxylic acids is 3. The van der Waals surface area contributed by atoms with Crippen molar-refractivity contribution in [2.24, 2.45) is 0 Å². The molecule has 1 unspecified atom stereocenters. The molecule has 0 saturated carbocycles. The molecule has 0 aliphatic rings. The molecule has 0 N–H and O–H groups in total. The van der Waals surface area contributed by atoms with Crippen LogP contribution in [0.2, 0.25) is 0 Å². The first-order chi connectivity index (χ1) is 38.5. The first kappa shape index (κ1) is 76.4. The standard InChI is InChI=1S/C72H140O6/c1-4-7-10-13-16-19-22-24-26-28-30-32-33-34-35-36-37-38-39-40-42-43-45-47-50-53-56-59-62-65-71(74)77-68-69(67-76-70(73)64-61-58-55-52-49-21-18-15-12-9-6-3)78-72(75)66-63-60-57-54-51-48-46-44-41-31-29-27-25-23-20-17-14-11-8-5-2/h69H,4-68H2,1-3H3. The van der Waals surface area contributed by atoms with Crippen molar-refractivity contribution in [2.75, 3.05) is 13.2 Å². The largest absolute Gasteiger partial charge is 0.462 e. The minimum absolute atomic E-state index is 0.0604. The van der Waals surface area contributed by atoms with Crippen molar-refractivity contribution in [1.82, 2.24) is 0 Å². The highest BCUT2D eigenvalue weighted by atomic mass is 16.6. The summed E-state index contributed by atoms with van der Waals surface area (Å²) in [5.41, 5.74) is 0. The van der Waals surface area contributed by atoms with Crippen molar-refractivity contribution in [2.45, 2.75) is 431 Å². The highest BCUT2D eigenvalue weighted by Gasteiger charge is 2.20. The summed E-state index contributed by atoms with van der Waals surface area (Å²) in [5, 5.41) is 0. The molecule has 0 aromatic carbocycles. The molecule has 0 aromatic heterocycles. The maximum Gasteiger partial charge on any atom is 0.306 e. The van der Waals surface area contributed by atoms with Gasteiger partial charge in [0.05, 0.1) is 0 Å². The van der Waals surface area contributed by atoms with Crippen LogP contribution in [0.5, 0.6) is 0 Å². The third kappa shape index (κ3) is 65.2. The van der Waals surface area contributed by atoms with Gasteiger partial charge in [-0.25, -0.2) is 0 Å². The summed E-state index contributed by atoms with van der Waals surface area (Å²) in [6, 6.07) is 0. The zero-order valence-corrected chi connectivity index (χ0v) is 53.5. The minimum atomic E-state index is -0.763. The van der Waals surface area contributed by atoms with Gasteiger partial charge in [-0.3, -0.25) is 14.4 Å². The maximum atomic E-state index is 12.9. The van der Waals surface area contributed by atoms with E-state index in [2.05, 4.69) is 20.8 Å². The van der Waals surface area contributed by atoms with Crippen LogP contribution >= 0.6 is 0 Å². The lowest BCUT2D eigenvalue weighted by Gasteiger charge is -2.18. The lowest BCUT2D eigenvalue weighted by molar-refractivity contribution is -0.167. The Bertz CT molecular complexity index is 1170. The molecule has 0 aliphatic heterocycles. The SMILES string of the molecule is CCCCCCCCCCCCCCCCCCCCCCCCCCCCCCCC(=O)OCC(COC(=O)CCCCCCCCCCCCC)OC(=O)CCCCCCCCCCCCCCCCCCCCCC. The fraction of sp³-hybridized carbons (Fsp3) is 0.958. The molecule has 6 heteroatoms. The monoisotopic (exact) mass is 1100 g/mol. The zero-order chi connectivity index (χ0) is 56.4. The Balaban J connectivity index is 4.09. The van der Waals surface area contributed by atoms with E-state index in [9.17, 15) is 14.4 Å². The molecule has 1 atom stereocenters. The van der Waals surface area contributed by atoms with Gasteiger partial charge in [0.25, 0.3) is 0 Å². The van der Waals surface area contributed by atoms with Crippen LogP contribution in [0, 0.1) is 0 Å². The van der Waals surface area contributed by atoms with Crippen LogP contribution in [-0.4, -0.2) is 37.2 Å². The molecular weight excluding hydrogens is 961 g/mol. The van der Waals surface area contributed by atoms with Crippen molar-refractivity contribution < 1.29 is 28.6 Å². The Kier molecular flexibility index (Phi) is 66.5. The summed E-state index contributed by atoms with van der Waals surface area (Å²) in [6.07, 6.45) is 80.1. The number of hydrogen-bond donors (Lipinski definition) is 0. The highest BCUT2D eigenvalue weighted by molar-refractivity contribution is 5.71. The van der Waals surface area contributed by atoms with Crippen molar-refractivity contribution in [3.63, 3.8) is 0 Å². The summed E-state index contributed by atoms with van der Waals surface area (Å²) in [4.78, 5) is 38.3. The minimum Gasteiger partial charge on any atom is -0.462 e. The van der Waals surface area contributed by atoms with Crippen molar-refractivity contribution >= 4 is 17.9 Å². The highest BCUT2D eigenvalue weighted by Crippen LogP contribution is 2.20. The molecule has 0 spiro atoms. The summed E-state index contributed by atoms with van der Waals surface area (Å²) in [7, 11) is 0. The van der Waals surface area contributed by atoms with E-state index >= 15 is 0 Å². The predicted molar refractivity (Wildman–Crippen MR) is 340 cm³/mol. The molecule has 0 fully saturated rings. The van der Waals surface area contributed by atoms with Crippen LogP contribution in [0.25, 0.3) is 0 Å². The number of unbranched alkanes of at least 4 members (excludes halogenated alkanes) is 57. The van der Waals surface area contributed by atoms with E-state index in [1.165, 1.54) is 327 Å². The molecule has 0 radical (unpaired) electrons. The molecule has 0 amide bonds. The maximum absolute atomic E-state index is 12.9. The number of ether oxygens (including phenoxy) is 3. The molecule has 0 aromatic rings. The summed E-state index contributed by atoms with van der Waals surface area (Å²) < 4.78 is 17.0. The molecule has 0 aliphatic carbocycles. The van der Waals surface area contributed by atoms with Gasteiger partial charge in [-0.15, -0.1) is 0 Å². The van der Waals surface area contributed by atoms with Crippen LogP contribution in [0.15, 0.2) is 0 Å². The summed E-state index contributed by atoms with van der Waals surface area (Å²) in [6.45, 7) is 6.73. The topological polar surface area (TPSA) is 78.9 Å². The fourth-order valence-corrected chi connectivity index (χ4v) is 11.5. The number of rotatable bonds is 68. The fourth-order valence-electron chi connectivity index (χ4n) is 11.5. The van der Waals surface area contributed by atoms with Crippen LogP contribution < -0.4 is 0 Å². The molecule has 0 bridgehead atoms. The summed E-state index contributed by atoms with van der Waals surface area (Å²) >= 11 is 0. The Hall–Kier alpha value is -1.59. The Morgan fingerprint density at radius 3 is 0.513 bits per heavy atom. The van der Waals surface area contributed by atoms with Gasteiger partial charge >= 0.3 is 17.9 Å². The first-order valence-corrected chi connectivity index (χ1v) is 36.0. The van der Waals surface area contributed by atoms with E-state index in [1.807, 2.05) is 0 Å². The molecule has 464 valence electrons. The van der Waals surface area contributed by atoms with Crippen LogP contribution in [0.3, 0.4) is 0 Å². The number of esters is 3. The van der Waals surface area contributed by atoms with Gasteiger partial charge in [-0.05, 0) is 19.3 Å². The molecule has 78 heavy (non-hydrogen) atoms. The Labute approximate surface area is 488 Å². The molecule has 0 rings (SSSR count). The Morgan fingerprint density at radius 2 is 0.346 bits per heavy atom. The zero-order valence-electron chi connectivity index (χ0n) is 53.5. The third-order valence-electron chi connectivity index (χ3n) is 16.9. The number of carbonyl (C=O) groups is 3. The van der Waals surface area contributed by atoms with Crippen molar-refractivity contribution in [3.8, 4) is 0 Å². The van der Waals surface area contributed by atoms with Crippen molar-refractivity contribution in [1.29, 1.82) is 0 Å². The number of hydrogen-bond acceptors (Lipinski definition) is 6. The van der Waals surface area contributed by atoms with Gasteiger partial charge < -0.3 is 14.2 Å². The average molecular weight is 1100 g/mol. The van der Waals surface area contributed by atoms with Gasteiger partial charge in [0.1, 0.15) is 13.2 Å². The molecule has 0 heterocycles. The average Bonchev–Trinajstić information content (AvgIpc) is 3.44. The third-order valence-corrected chi connectivity index (χ3v) is 16.9.